The lowest BCUT2D eigenvalue weighted by atomic mass is 9.72. The van der Waals surface area contributed by atoms with E-state index >= 15 is 14.4 Å². The Kier molecular flexibility index (Phi) is 9.16. The number of ketones is 2. The van der Waals surface area contributed by atoms with Gasteiger partial charge in [-0.3, -0.25) is 14.4 Å². The Morgan fingerprint density at radius 3 is 1.64 bits per heavy atom. The van der Waals surface area contributed by atoms with Gasteiger partial charge < -0.3 is 9.64 Å². The highest BCUT2D eigenvalue weighted by Gasteiger charge is 2.67. The number of amides is 1. The number of carbonyl (C=O) groups excluding carboxylic acids is 4. The predicted octanol–water partition coefficient (Wildman–Crippen LogP) is 7.19. The molecule has 2 aliphatic rings. The number of Topliss-reactive ketones (excluding diaryl/α,β-unsaturated/α-hetero) is 2. The van der Waals surface area contributed by atoms with Crippen LogP contribution in [0.5, 0.6) is 0 Å². The molecule has 1 heterocycles. The van der Waals surface area contributed by atoms with Crippen LogP contribution in [0.25, 0.3) is 0 Å². The van der Waals surface area contributed by atoms with Crippen LogP contribution in [0.15, 0.2) is 175 Å². The van der Waals surface area contributed by atoms with Gasteiger partial charge in [0.15, 0.2) is 17.0 Å². The Morgan fingerprint density at radius 2 is 1.13 bits per heavy atom. The molecule has 0 N–H and O–H groups in total. The minimum atomic E-state index is -3.39. The van der Waals surface area contributed by atoms with Crippen molar-refractivity contribution in [2.45, 2.75) is 25.8 Å². The first-order chi connectivity index (χ1) is 26.7. The zero-order chi connectivity index (χ0) is 38.3. The zero-order valence-electron chi connectivity index (χ0n) is 30.7. The van der Waals surface area contributed by atoms with E-state index in [1.807, 2.05) is 166 Å². The van der Waals surface area contributed by atoms with Crippen LogP contribution in [0, 0.1) is 13.8 Å². The molecule has 7 heteroatoms. The highest BCUT2D eigenvalue weighted by atomic mass is 31.2. The molecule has 270 valence electrons. The second-order valence-corrected chi connectivity index (χ2v) is 17.3. The van der Waals surface area contributed by atoms with Crippen molar-refractivity contribution < 1.29 is 23.9 Å². The van der Waals surface area contributed by atoms with Gasteiger partial charge in [-0.05, 0) is 48.3 Å². The van der Waals surface area contributed by atoms with Crippen LogP contribution < -0.4 is 20.8 Å². The fourth-order valence-corrected chi connectivity index (χ4v) is 12.8. The van der Waals surface area contributed by atoms with Gasteiger partial charge in [-0.1, -0.05) is 169 Å². The summed E-state index contributed by atoms with van der Waals surface area (Å²) in [5.74, 6) is -2.62. The van der Waals surface area contributed by atoms with E-state index in [1.165, 1.54) is 7.11 Å². The summed E-state index contributed by atoms with van der Waals surface area (Å²) in [5, 5.41) is 2.47. The summed E-state index contributed by atoms with van der Waals surface area (Å²) in [6.45, 7) is 0.571. The first-order valence-electron chi connectivity index (χ1n) is 18.1. The molecule has 1 amide bonds. The summed E-state index contributed by atoms with van der Waals surface area (Å²) < 4.78 is 5.59. The molecule has 6 aromatic carbocycles. The van der Waals surface area contributed by atoms with Crippen LogP contribution in [-0.2, 0) is 31.1 Å². The Morgan fingerprint density at radius 1 is 0.636 bits per heavy atom. The van der Waals surface area contributed by atoms with E-state index in [2.05, 4.69) is 0 Å². The number of hydrogen-bond acceptors (Lipinski definition) is 5. The molecule has 1 aliphatic heterocycles. The van der Waals surface area contributed by atoms with Gasteiger partial charge in [-0.15, -0.1) is 0 Å². The molecule has 55 heavy (non-hydrogen) atoms. The Labute approximate surface area is 320 Å². The monoisotopic (exact) mass is 739 g/mol. The molecule has 0 saturated heterocycles. The summed E-state index contributed by atoms with van der Waals surface area (Å²) in [4.78, 5) is 64.3. The first kappa shape index (κ1) is 35.7. The van der Waals surface area contributed by atoms with E-state index < -0.39 is 35.7 Å². The molecule has 1 atom stereocenters. The van der Waals surface area contributed by atoms with Gasteiger partial charge in [-0.25, -0.2) is 4.79 Å². The topological polar surface area (TPSA) is 80.8 Å². The van der Waals surface area contributed by atoms with Crippen LogP contribution in [0.1, 0.15) is 32.6 Å². The maximum atomic E-state index is 16.6. The van der Waals surface area contributed by atoms with Gasteiger partial charge in [0.1, 0.15) is 0 Å². The normalized spacial score (nSPS) is 16.5. The van der Waals surface area contributed by atoms with Gasteiger partial charge in [0, 0.05) is 27.7 Å². The number of esters is 1. The average Bonchev–Trinajstić information content (AvgIpc) is 3.63. The van der Waals surface area contributed by atoms with E-state index in [1.54, 1.807) is 17.0 Å². The molecule has 6 aromatic rings. The highest BCUT2D eigenvalue weighted by Crippen LogP contribution is 2.59. The molecule has 1 aliphatic carbocycles. The van der Waals surface area contributed by atoms with Crippen molar-refractivity contribution in [3.63, 3.8) is 0 Å². The summed E-state index contributed by atoms with van der Waals surface area (Å²) in [7, 11) is 1.25. The smallest absolute Gasteiger partial charge is 0.339 e. The Balaban J connectivity index is 1.62. The van der Waals surface area contributed by atoms with E-state index in [9.17, 15) is 4.79 Å². The molecule has 6 nitrogen and oxygen atoms in total. The number of hydrogen-bond donors (Lipinski definition) is 0. The van der Waals surface area contributed by atoms with Crippen molar-refractivity contribution in [3.8, 4) is 0 Å². The molecular weight excluding hydrogens is 702 g/mol. The number of fused-ring (bicyclic) bond motifs is 2. The van der Waals surface area contributed by atoms with Gasteiger partial charge in [0.2, 0.25) is 0 Å². The first-order valence-corrected chi connectivity index (χ1v) is 19.9. The van der Waals surface area contributed by atoms with E-state index in [0.29, 0.717) is 11.3 Å². The van der Waals surface area contributed by atoms with Crippen molar-refractivity contribution in [2.24, 2.45) is 0 Å². The molecule has 0 saturated carbocycles. The van der Waals surface area contributed by atoms with Crippen molar-refractivity contribution >= 4 is 57.2 Å². The number of carbonyl (C=O) groups is 4. The maximum absolute atomic E-state index is 16.6. The molecule has 1 unspecified atom stereocenters. The van der Waals surface area contributed by atoms with E-state index in [-0.39, 0.29) is 28.5 Å². The quantitative estimate of drug-likeness (QED) is 0.0715. The number of benzene rings is 6. The van der Waals surface area contributed by atoms with Gasteiger partial charge in [0.25, 0.3) is 5.91 Å². The summed E-state index contributed by atoms with van der Waals surface area (Å²) in [5.41, 5.74) is 1.17. The third kappa shape index (κ3) is 5.47. The number of nitrogens with zero attached hydrogens (tertiary/aromatic N) is 1. The van der Waals surface area contributed by atoms with Crippen molar-refractivity contribution in [3.05, 3.63) is 203 Å². The maximum Gasteiger partial charge on any atom is 0.339 e. The summed E-state index contributed by atoms with van der Waals surface area (Å²) in [6, 6.07) is 51.0. The van der Waals surface area contributed by atoms with Gasteiger partial charge in [-0.2, -0.15) is 0 Å². The minimum Gasteiger partial charge on any atom is -0.465 e. The average molecular weight is 740 g/mol. The summed E-state index contributed by atoms with van der Waals surface area (Å²) >= 11 is 0. The fourth-order valence-electron chi connectivity index (χ4n) is 8.25. The number of methoxy groups -OCH3 is 1. The second kappa shape index (κ2) is 14.1. The molecule has 0 radical (unpaired) electrons. The van der Waals surface area contributed by atoms with Crippen LogP contribution >= 0.6 is 6.89 Å². The molecule has 1 spiro atoms. The SMILES string of the molecule is COC(=O)C1=C(C(=O)c2ccc(C)cc2)C2(C(=O)C1=P(c1ccccc1)(c1ccccc1)c1ccccc1)C(=O)N(Cc1ccccc1)c1ccc(C)cc12. The van der Waals surface area contributed by atoms with Crippen molar-refractivity contribution in [1.82, 2.24) is 0 Å². The Hall–Kier alpha value is -6.36. The van der Waals surface area contributed by atoms with Gasteiger partial charge in [0.05, 0.1) is 19.2 Å². The molecule has 0 bridgehead atoms. The van der Waals surface area contributed by atoms with Crippen LogP contribution in [0.3, 0.4) is 0 Å². The largest absolute Gasteiger partial charge is 0.465 e. The van der Waals surface area contributed by atoms with Crippen LogP contribution in [0.2, 0.25) is 0 Å². The number of rotatable bonds is 8. The molecular formula is C48H38NO5P. The number of anilines is 1. The van der Waals surface area contributed by atoms with Gasteiger partial charge >= 0.3 is 5.97 Å². The standard InChI is InChI=1S/C48H38NO5P/c1-32-24-27-35(28-25-32)43(50)42-41(46(52)54-3)44(55(36-18-10-5-11-19-36,37-20-12-6-13-21-37)38-22-14-7-15-23-38)45(51)48(42)39-30-33(2)26-29-40(39)49(47(48)53)31-34-16-8-4-9-17-34/h4-30H,31H2,1-3H3. The fraction of sp³-hybridized carbons (Fsp3) is 0.104. The zero-order valence-corrected chi connectivity index (χ0v) is 31.6. The van der Waals surface area contributed by atoms with Crippen molar-refractivity contribution in [2.75, 3.05) is 12.0 Å². The molecule has 8 rings (SSSR count). The highest BCUT2D eigenvalue weighted by molar-refractivity contribution is 7.97. The number of aryl methyl sites for hydroxylation is 2. The van der Waals surface area contributed by atoms with E-state index in [4.69, 9.17) is 4.74 Å². The lowest BCUT2D eigenvalue weighted by Crippen LogP contribution is -2.49. The third-order valence-electron chi connectivity index (χ3n) is 10.7. The molecule has 0 aromatic heterocycles. The molecule has 0 fully saturated rings. The Bertz CT molecular complexity index is 2480. The number of ether oxygens (including phenoxy) is 1. The van der Waals surface area contributed by atoms with Crippen LogP contribution in [-0.4, -0.2) is 35.8 Å². The van der Waals surface area contributed by atoms with Crippen LogP contribution in [0.4, 0.5) is 5.69 Å². The third-order valence-corrected chi connectivity index (χ3v) is 15.0. The van der Waals surface area contributed by atoms with E-state index in [0.717, 1.165) is 32.6 Å². The summed E-state index contributed by atoms with van der Waals surface area (Å²) in [6.07, 6.45) is 0. The van der Waals surface area contributed by atoms with Crippen molar-refractivity contribution in [1.29, 1.82) is 0 Å². The lowest BCUT2D eigenvalue weighted by molar-refractivity contribution is -0.135. The lowest BCUT2D eigenvalue weighted by Gasteiger charge is -2.32. The minimum absolute atomic E-state index is 0.112. The predicted molar refractivity (Wildman–Crippen MR) is 220 cm³/mol. The second-order valence-electron chi connectivity index (χ2n) is 13.9.